The summed E-state index contributed by atoms with van der Waals surface area (Å²) in [5.41, 5.74) is 3.24. The summed E-state index contributed by atoms with van der Waals surface area (Å²) in [5, 5.41) is 17.2. The van der Waals surface area contributed by atoms with E-state index in [1.807, 2.05) is 36.4 Å². The maximum atomic E-state index is 9.55. The second kappa shape index (κ2) is 13.3. The number of aliphatic imine (C=N–C) groups is 1. The van der Waals surface area contributed by atoms with Gasteiger partial charge in [-0.3, -0.25) is 4.90 Å². The first-order valence-corrected chi connectivity index (χ1v) is 11.2. The van der Waals surface area contributed by atoms with Gasteiger partial charge in [-0.05, 0) is 68.1 Å². The largest absolute Gasteiger partial charge is 0.392 e. The van der Waals surface area contributed by atoms with Gasteiger partial charge in [-0.1, -0.05) is 48.0 Å². The summed E-state index contributed by atoms with van der Waals surface area (Å²) in [7, 11) is 2.20. The normalized spacial score (nSPS) is 19.5. The minimum absolute atomic E-state index is 0. The average molecular weight is 557 g/mol. The molecule has 7 heteroatoms. The van der Waals surface area contributed by atoms with Crippen molar-refractivity contribution < 1.29 is 5.11 Å². The second-order valence-corrected chi connectivity index (χ2v) is 8.32. The van der Waals surface area contributed by atoms with E-state index in [-0.39, 0.29) is 30.6 Å². The van der Waals surface area contributed by atoms with Gasteiger partial charge in [0.25, 0.3) is 0 Å². The van der Waals surface area contributed by atoms with E-state index in [4.69, 9.17) is 16.6 Å². The molecule has 3 rings (SSSR count). The lowest BCUT2D eigenvalue weighted by atomic mass is 9.85. The van der Waals surface area contributed by atoms with Crippen molar-refractivity contribution >= 4 is 41.5 Å². The van der Waals surface area contributed by atoms with E-state index >= 15 is 0 Å². The first-order chi connectivity index (χ1) is 14.6. The Hall–Kier alpha value is -1.35. The van der Waals surface area contributed by atoms with Crippen LogP contribution in [0.5, 0.6) is 0 Å². The Labute approximate surface area is 208 Å². The Morgan fingerprint density at radius 2 is 1.94 bits per heavy atom. The Kier molecular flexibility index (Phi) is 11.1. The third-order valence-corrected chi connectivity index (χ3v) is 6.00. The van der Waals surface area contributed by atoms with Gasteiger partial charge in [0.05, 0.1) is 13.2 Å². The summed E-state index contributed by atoms with van der Waals surface area (Å²) in [6, 6.07) is 16.5. The highest BCUT2D eigenvalue weighted by Crippen LogP contribution is 2.35. The molecule has 1 aliphatic heterocycles. The lowest BCUT2D eigenvalue weighted by Crippen LogP contribution is -2.45. The SMILES string of the molecule is CCNC(=NCc1ccccc1CO)NCC1CCCN(C)C1c1cccc(Cl)c1.I. The molecule has 3 N–H and O–H groups in total. The van der Waals surface area contributed by atoms with E-state index in [2.05, 4.69) is 41.6 Å². The highest BCUT2D eigenvalue weighted by atomic mass is 127. The lowest BCUT2D eigenvalue weighted by molar-refractivity contribution is 0.122. The van der Waals surface area contributed by atoms with Crippen LogP contribution in [0.1, 0.15) is 42.5 Å². The Morgan fingerprint density at radius 3 is 2.65 bits per heavy atom. The molecule has 2 aromatic carbocycles. The molecule has 0 amide bonds. The van der Waals surface area contributed by atoms with Gasteiger partial charge < -0.3 is 15.7 Å². The highest BCUT2D eigenvalue weighted by Gasteiger charge is 2.30. The van der Waals surface area contributed by atoms with Crippen molar-refractivity contribution in [1.82, 2.24) is 15.5 Å². The predicted molar refractivity (Wildman–Crippen MR) is 140 cm³/mol. The summed E-state index contributed by atoms with van der Waals surface area (Å²) >= 11 is 6.27. The van der Waals surface area contributed by atoms with Gasteiger partial charge in [0, 0.05) is 24.2 Å². The Morgan fingerprint density at radius 1 is 1.16 bits per heavy atom. The van der Waals surface area contributed by atoms with Crippen LogP contribution in [0.25, 0.3) is 0 Å². The molecule has 1 fully saturated rings. The number of aliphatic hydroxyl groups is 1. The highest BCUT2D eigenvalue weighted by molar-refractivity contribution is 14.0. The van der Waals surface area contributed by atoms with Gasteiger partial charge in [-0.15, -0.1) is 24.0 Å². The molecule has 2 aromatic rings. The maximum Gasteiger partial charge on any atom is 0.191 e. The molecule has 2 atom stereocenters. The number of hydrogen-bond donors (Lipinski definition) is 3. The molecule has 0 spiro atoms. The molecular formula is C24H34ClIN4O. The summed E-state index contributed by atoms with van der Waals surface area (Å²) in [4.78, 5) is 7.19. The minimum atomic E-state index is 0. The van der Waals surface area contributed by atoms with Crippen molar-refractivity contribution in [2.24, 2.45) is 10.9 Å². The van der Waals surface area contributed by atoms with Gasteiger partial charge in [0.2, 0.25) is 0 Å². The Balaban J connectivity index is 0.00000341. The standard InChI is InChI=1S/C24H33ClN4O.HI/c1-3-26-24(27-15-19-8-4-5-9-21(19)17-30)28-16-20-11-7-13-29(2)23(20)18-10-6-12-22(25)14-18;/h4-6,8-10,12,14,20,23,30H,3,7,11,13,15-17H2,1-2H3,(H2,26,27,28);1H. The molecule has 2 unspecified atom stereocenters. The number of nitrogens with one attached hydrogen (secondary N) is 2. The summed E-state index contributed by atoms with van der Waals surface area (Å²) in [6.07, 6.45) is 2.36. The number of aliphatic hydroxyl groups excluding tert-OH is 1. The smallest absolute Gasteiger partial charge is 0.191 e. The molecule has 1 heterocycles. The van der Waals surface area contributed by atoms with E-state index in [1.165, 1.54) is 18.4 Å². The van der Waals surface area contributed by atoms with Gasteiger partial charge in [-0.2, -0.15) is 0 Å². The number of likely N-dealkylation sites (tertiary alicyclic amines) is 1. The minimum Gasteiger partial charge on any atom is -0.392 e. The molecule has 0 bridgehead atoms. The lowest BCUT2D eigenvalue weighted by Gasteiger charge is -2.40. The first kappa shape index (κ1) is 25.9. The molecule has 170 valence electrons. The third-order valence-electron chi connectivity index (χ3n) is 5.77. The van der Waals surface area contributed by atoms with E-state index < -0.39 is 0 Å². The van der Waals surface area contributed by atoms with Gasteiger partial charge in [0.15, 0.2) is 5.96 Å². The molecule has 1 saturated heterocycles. The maximum absolute atomic E-state index is 9.55. The molecule has 0 radical (unpaired) electrons. The topological polar surface area (TPSA) is 59.9 Å². The van der Waals surface area contributed by atoms with Crippen LogP contribution in [0.3, 0.4) is 0 Å². The van der Waals surface area contributed by atoms with E-state index in [0.717, 1.165) is 41.7 Å². The van der Waals surface area contributed by atoms with Crippen molar-refractivity contribution in [3.8, 4) is 0 Å². The van der Waals surface area contributed by atoms with Gasteiger partial charge in [0.1, 0.15) is 0 Å². The van der Waals surface area contributed by atoms with Crippen LogP contribution in [0, 0.1) is 5.92 Å². The van der Waals surface area contributed by atoms with Crippen molar-refractivity contribution in [1.29, 1.82) is 0 Å². The molecule has 31 heavy (non-hydrogen) atoms. The molecular weight excluding hydrogens is 523 g/mol. The van der Waals surface area contributed by atoms with E-state index in [9.17, 15) is 5.11 Å². The van der Waals surface area contributed by atoms with Crippen LogP contribution in [0.4, 0.5) is 0 Å². The van der Waals surface area contributed by atoms with Gasteiger partial charge >= 0.3 is 0 Å². The third kappa shape index (κ3) is 7.34. The molecule has 0 aromatic heterocycles. The summed E-state index contributed by atoms with van der Waals surface area (Å²) in [6.45, 7) is 5.38. The Bertz CT molecular complexity index is 848. The number of hydrogen-bond acceptors (Lipinski definition) is 3. The fraction of sp³-hybridized carbons (Fsp3) is 0.458. The average Bonchev–Trinajstić information content (AvgIpc) is 2.76. The van der Waals surface area contributed by atoms with Crippen LogP contribution in [-0.4, -0.2) is 42.6 Å². The van der Waals surface area contributed by atoms with Crippen LogP contribution in [0.2, 0.25) is 5.02 Å². The number of halogens is 2. The first-order valence-electron chi connectivity index (χ1n) is 10.8. The number of benzene rings is 2. The number of piperidine rings is 1. The molecule has 1 aliphatic rings. The molecule has 0 saturated carbocycles. The zero-order valence-corrected chi connectivity index (χ0v) is 21.4. The quantitative estimate of drug-likeness (QED) is 0.265. The van der Waals surface area contributed by atoms with Crippen LogP contribution in [0.15, 0.2) is 53.5 Å². The predicted octanol–water partition coefficient (Wildman–Crippen LogP) is 4.59. The van der Waals surface area contributed by atoms with Crippen molar-refractivity contribution in [2.45, 2.75) is 39.0 Å². The zero-order valence-electron chi connectivity index (χ0n) is 18.4. The van der Waals surface area contributed by atoms with Crippen molar-refractivity contribution in [3.05, 3.63) is 70.2 Å². The van der Waals surface area contributed by atoms with E-state index in [0.29, 0.717) is 18.5 Å². The number of nitrogens with zero attached hydrogens (tertiary/aromatic N) is 2. The van der Waals surface area contributed by atoms with E-state index in [1.54, 1.807) is 0 Å². The zero-order chi connectivity index (χ0) is 21.3. The summed E-state index contributed by atoms with van der Waals surface area (Å²) in [5.74, 6) is 1.28. The fourth-order valence-electron chi connectivity index (χ4n) is 4.29. The fourth-order valence-corrected chi connectivity index (χ4v) is 4.49. The molecule has 5 nitrogen and oxygen atoms in total. The number of guanidine groups is 1. The van der Waals surface area contributed by atoms with Crippen molar-refractivity contribution in [2.75, 3.05) is 26.7 Å². The van der Waals surface area contributed by atoms with Crippen LogP contribution in [-0.2, 0) is 13.2 Å². The second-order valence-electron chi connectivity index (χ2n) is 7.89. The van der Waals surface area contributed by atoms with Crippen molar-refractivity contribution in [3.63, 3.8) is 0 Å². The molecule has 0 aliphatic carbocycles. The summed E-state index contributed by atoms with van der Waals surface area (Å²) < 4.78 is 0. The van der Waals surface area contributed by atoms with Crippen LogP contribution < -0.4 is 10.6 Å². The monoisotopic (exact) mass is 556 g/mol. The van der Waals surface area contributed by atoms with Crippen LogP contribution >= 0.6 is 35.6 Å². The number of rotatable bonds is 7. The van der Waals surface area contributed by atoms with Gasteiger partial charge in [-0.25, -0.2) is 4.99 Å².